The number of halogens is 3. The quantitative estimate of drug-likeness (QED) is 0.0868. The maximum Gasteiger partial charge on any atom is 1.00 e. The van der Waals surface area contributed by atoms with Crippen LogP contribution in [-0.4, -0.2) is 110 Å². The molecule has 0 aromatic heterocycles. The van der Waals surface area contributed by atoms with Crippen molar-refractivity contribution in [2.45, 2.75) is 69.1 Å². The predicted molar refractivity (Wildman–Crippen MR) is 158 cm³/mol. The molecule has 2 aromatic carbocycles. The van der Waals surface area contributed by atoms with Crippen LogP contribution in [0.3, 0.4) is 0 Å². The normalized spacial score (nSPS) is 22.8. The Kier molecular flexibility index (Phi) is 14.8. The van der Waals surface area contributed by atoms with Gasteiger partial charge in [0.15, 0.2) is 24.4 Å². The Bertz CT molecular complexity index is 1390. The number of carboxylic acids is 1. The third-order valence-electron chi connectivity index (χ3n) is 7.77. The SMILES string of the molecule is C[C@H](Cc1cc2c(c(C(N)=O)c1)N(CCCO[C@@H]1OC(C(=O)[O-])[C@@H](O)C(O)C1O)CC2)NCCOc1ccccc1OCC(F)(F)F.[Na+]. The first-order valence-electron chi connectivity index (χ1n) is 15.1. The van der Waals surface area contributed by atoms with Gasteiger partial charge in [0, 0.05) is 25.7 Å². The molecule has 0 radical (unpaired) electrons. The number of primary amides is 1. The Morgan fingerprint density at radius 2 is 1.79 bits per heavy atom. The monoisotopic (exact) mass is 693 g/mol. The van der Waals surface area contributed by atoms with Crippen LogP contribution >= 0.6 is 0 Å². The van der Waals surface area contributed by atoms with Crippen molar-refractivity contribution in [2.24, 2.45) is 5.73 Å². The van der Waals surface area contributed by atoms with Gasteiger partial charge in [0.25, 0.3) is 5.91 Å². The van der Waals surface area contributed by atoms with Crippen molar-refractivity contribution >= 4 is 17.6 Å². The first-order valence-corrected chi connectivity index (χ1v) is 15.1. The Labute approximate surface area is 297 Å². The molecule has 260 valence electrons. The minimum atomic E-state index is -4.47. The molecular weight excluding hydrogens is 654 g/mol. The largest absolute Gasteiger partial charge is 1.00 e. The minimum Gasteiger partial charge on any atom is -0.547 e. The number of ether oxygens (including phenoxy) is 4. The zero-order valence-corrected chi connectivity index (χ0v) is 28.7. The first kappa shape index (κ1) is 39.8. The number of carbonyl (C=O) groups is 2. The molecule has 2 aliphatic rings. The molecular formula is C31H39F3N3NaO10. The minimum absolute atomic E-state index is 0. The molecule has 13 nitrogen and oxygen atoms in total. The van der Waals surface area contributed by atoms with Crippen LogP contribution < -0.4 is 60.1 Å². The van der Waals surface area contributed by atoms with Gasteiger partial charge in [-0.3, -0.25) is 4.79 Å². The molecule has 6 atom stereocenters. The number of benzene rings is 2. The van der Waals surface area contributed by atoms with Crippen LogP contribution in [-0.2, 0) is 27.1 Å². The number of rotatable bonds is 16. The van der Waals surface area contributed by atoms with Crippen LogP contribution in [0.1, 0.15) is 34.8 Å². The third-order valence-corrected chi connectivity index (χ3v) is 7.77. The van der Waals surface area contributed by atoms with E-state index in [2.05, 4.69) is 5.32 Å². The van der Waals surface area contributed by atoms with Crippen LogP contribution in [0.4, 0.5) is 18.9 Å². The number of aliphatic hydroxyl groups is 3. The number of nitrogens with zero attached hydrogens (tertiary/aromatic N) is 1. The van der Waals surface area contributed by atoms with Crippen molar-refractivity contribution in [3.63, 3.8) is 0 Å². The van der Waals surface area contributed by atoms with Crippen molar-refractivity contribution in [1.82, 2.24) is 5.32 Å². The molecule has 0 aliphatic carbocycles. The van der Waals surface area contributed by atoms with Gasteiger partial charge in [-0.2, -0.15) is 13.2 Å². The van der Waals surface area contributed by atoms with E-state index in [-0.39, 0.29) is 60.3 Å². The van der Waals surface area contributed by atoms with Gasteiger partial charge in [-0.1, -0.05) is 18.2 Å². The Morgan fingerprint density at radius 3 is 2.44 bits per heavy atom. The van der Waals surface area contributed by atoms with Crippen LogP contribution in [0.25, 0.3) is 0 Å². The molecule has 0 bridgehead atoms. The second kappa shape index (κ2) is 17.8. The number of aliphatic carboxylic acids is 1. The standard InChI is InChI=1S/C31H40F3N3O10.Na/c1-17(36-8-12-44-21-5-2-3-6-22(21)46-16-31(32,33)34)13-18-14-19-7-10-37(23(19)20(15-18)28(35)41)9-4-11-45-30-26(40)24(38)25(39)27(47-30)29(42)43;/h2-3,5-6,14-15,17,24-27,30,36,38-40H,4,7-13,16H2,1H3,(H2,35,41)(H,42,43);/q;+1/p-1/t17-,24?,25+,26?,27?,30-;/m1./s1. The molecule has 3 unspecified atom stereocenters. The Hall–Kier alpha value is -2.67. The zero-order valence-electron chi connectivity index (χ0n) is 26.7. The number of fused-ring (bicyclic) bond motifs is 1. The van der Waals surface area contributed by atoms with E-state index in [9.17, 15) is 43.2 Å². The summed E-state index contributed by atoms with van der Waals surface area (Å²) in [5, 5.41) is 44.3. The fourth-order valence-corrected chi connectivity index (χ4v) is 5.60. The number of carboxylic acid groups (broad SMARTS) is 1. The first-order chi connectivity index (χ1) is 22.2. The summed E-state index contributed by atoms with van der Waals surface area (Å²) in [5.74, 6) is -2.14. The van der Waals surface area contributed by atoms with Crippen molar-refractivity contribution in [2.75, 3.05) is 44.4 Å². The Balaban J connectivity index is 0.00000625. The van der Waals surface area contributed by atoms with Crippen molar-refractivity contribution < 1.29 is 91.7 Å². The number of para-hydroxylation sites is 2. The van der Waals surface area contributed by atoms with Crippen LogP contribution in [0, 0.1) is 0 Å². The maximum atomic E-state index is 12.5. The number of hydrogen-bond acceptors (Lipinski definition) is 12. The third kappa shape index (κ3) is 10.7. The van der Waals surface area contributed by atoms with Crippen LogP contribution in [0.2, 0.25) is 0 Å². The topological polar surface area (TPSA) is 196 Å². The number of amides is 1. The fraction of sp³-hybridized carbons (Fsp3) is 0.548. The van der Waals surface area contributed by atoms with Gasteiger partial charge in [-0.25, -0.2) is 0 Å². The van der Waals surface area contributed by atoms with Crippen LogP contribution in [0.15, 0.2) is 36.4 Å². The summed E-state index contributed by atoms with van der Waals surface area (Å²) in [7, 11) is 0. The second-order valence-electron chi connectivity index (χ2n) is 11.5. The summed E-state index contributed by atoms with van der Waals surface area (Å²) in [5.41, 5.74) is 8.67. The van der Waals surface area contributed by atoms with E-state index in [1.165, 1.54) is 12.1 Å². The molecule has 1 amide bonds. The molecule has 0 spiro atoms. The Morgan fingerprint density at radius 1 is 1.10 bits per heavy atom. The van der Waals surface area contributed by atoms with Gasteiger partial charge in [-0.15, -0.1) is 0 Å². The number of carbonyl (C=O) groups excluding carboxylic acids is 2. The van der Waals surface area contributed by atoms with E-state index >= 15 is 0 Å². The van der Waals surface area contributed by atoms with E-state index in [0.29, 0.717) is 50.1 Å². The number of nitrogens with one attached hydrogen (secondary N) is 1. The van der Waals surface area contributed by atoms with Crippen LogP contribution in [0.5, 0.6) is 11.5 Å². The zero-order chi connectivity index (χ0) is 34.3. The average Bonchev–Trinajstić information content (AvgIpc) is 3.42. The fourth-order valence-electron chi connectivity index (χ4n) is 5.60. The molecule has 0 saturated carbocycles. The van der Waals surface area contributed by atoms with Crippen molar-refractivity contribution in [1.29, 1.82) is 0 Å². The molecule has 6 N–H and O–H groups in total. The summed E-state index contributed by atoms with van der Waals surface area (Å²) in [6, 6.07) is 9.85. The summed E-state index contributed by atoms with van der Waals surface area (Å²) in [6.07, 6.45) is -11.5. The van der Waals surface area contributed by atoms with Gasteiger partial charge < -0.3 is 60.1 Å². The number of anilines is 1. The molecule has 17 heteroatoms. The summed E-state index contributed by atoms with van der Waals surface area (Å²) >= 11 is 0. The number of alkyl halides is 3. The number of aliphatic hydroxyl groups excluding tert-OH is 3. The van der Waals surface area contributed by atoms with Crippen molar-refractivity contribution in [3.05, 3.63) is 53.1 Å². The van der Waals surface area contributed by atoms with E-state index in [1.54, 1.807) is 18.2 Å². The average molecular weight is 694 g/mol. The molecule has 48 heavy (non-hydrogen) atoms. The van der Waals surface area contributed by atoms with E-state index in [1.807, 2.05) is 17.9 Å². The summed E-state index contributed by atoms with van der Waals surface area (Å²) in [4.78, 5) is 25.6. The molecule has 2 heterocycles. The smallest absolute Gasteiger partial charge is 0.547 e. The maximum absolute atomic E-state index is 12.5. The second-order valence-corrected chi connectivity index (χ2v) is 11.5. The van der Waals surface area contributed by atoms with E-state index in [4.69, 9.17) is 24.7 Å². The molecule has 4 rings (SSSR count). The van der Waals surface area contributed by atoms with Gasteiger partial charge in [0.1, 0.15) is 31.0 Å². The van der Waals surface area contributed by atoms with Crippen molar-refractivity contribution in [3.8, 4) is 11.5 Å². The molecule has 1 fully saturated rings. The molecule has 2 aliphatic heterocycles. The molecule has 1 saturated heterocycles. The predicted octanol–water partition coefficient (Wildman–Crippen LogP) is -3.34. The number of nitrogens with two attached hydrogens (primary N) is 1. The van der Waals surface area contributed by atoms with Gasteiger partial charge in [-0.05, 0) is 55.5 Å². The summed E-state index contributed by atoms with van der Waals surface area (Å²) in [6.45, 7) is 2.17. The van der Waals surface area contributed by atoms with Gasteiger partial charge in [0.2, 0.25) is 0 Å². The van der Waals surface area contributed by atoms with Gasteiger partial charge in [0.05, 0.1) is 23.8 Å². The van der Waals surface area contributed by atoms with E-state index in [0.717, 1.165) is 11.1 Å². The molecule has 2 aromatic rings. The summed E-state index contributed by atoms with van der Waals surface area (Å²) < 4.78 is 58.6. The van der Waals surface area contributed by atoms with Gasteiger partial charge >= 0.3 is 35.7 Å². The van der Waals surface area contributed by atoms with E-state index < -0.39 is 55.4 Å². The number of hydrogen-bond donors (Lipinski definition) is 5.